The summed E-state index contributed by atoms with van der Waals surface area (Å²) in [6, 6.07) is 10.4. The first kappa shape index (κ1) is 24.8. The summed E-state index contributed by atoms with van der Waals surface area (Å²) in [5.41, 5.74) is 17.6. The van der Waals surface area contributed by atoms with Crippen molar-refractivity contribution < 1.29 is 19.1 Å². The number of ether oxygens (including phenoxy) is 2. The molecule has 2 aromatic carbocycles. The number of hydrogen-bond donors (Lipinski definition) is 3. The zero-order chi connectivity index (χ0) is 26.0. The Bertz CT molecular complexity index is 1340. The van der Waals surface area contributed by atoms with Gasteiger partial charge < -0.3 is 31.1 Å². The second-order valence-corrected chi connectivity index (χ2v) is 9.15. The van der Waals surface area contributed by atoms with Crippen LogP contribution in [0.3, 0.4) is 0 Å². The van der Waals surface area contributed by atoms with Crippen molar-refractivity contribution in [2.75, 3.05) is 30.5 Å². The Morgan fingerprint density at radius 2 is 1.86 bits per heavy atom. The Hall–Kier alpha value is -4.27. The molecule has 1 atom stereocenters. The van der Waals surface area contributed by atoms with Gasteiger partial charge in [-0.15, -0.1) is 0 Å². The predicted molar refractivity (Wildman–Crippen MR) is 141 cm³/mol. The van der Waals surface area contributed by atoms with E-state index < -0.39 is 5.60 Å². The van der Waals surface area contributed by atoms with E-state index in [2.05, 4.69) is 15.5 Å². The summed E-state index contributed by atoms with van der Waals surface area (Å²) >= 11 is 0. The molecule has 1 aliphatic rings. The van der Waals surface area contributed by atoms with Crippen molar-refractivity contribution in [2.45, 2.75) is 39.7 Å². The normalized spacial score (nSPS) is 17.8. The van der Waals surface area contributed by atoms with E-state index in [1.165, 1.54) is 13.3 Å². The molecule has 9 heteroatoms. The van der Waals surface area contributed by atoms with Crippen LogP contribution in [0.4, 0.5) is 17.2 Å². The molecule has 0 saturated carbocycles. The first-order valence-corrected chi connectivity index (χ1v) is 11.6. The standard InChI is InChI=1S/C27H31N5O4/c1-15-16(2)24-22(17(3)23(15)28)21(32-34-5)13-27(4,36-24)14-35-19-10-8-18(9-11-19)31-26(33)20-7-6-12-30-25(20)29/h6-12H,13-14,28H2,1-5H3,(H2,29,30)(H,31,33)/b32-21+. The summed E-state index contributed by atoms with van der Waals surface area (Å²) in [4.78, 5) is 21.6. The zero-order valence-corrected chi connectivity index (χ0v) is 21.1. The lowest BCUT2D eigenvalue weighted by Gasteiger charge is -2.38. The molecule has 0 saturated heterocycles. The maximum Gasteiger partial charge on any atom is 0.259 e. The summed E-state index contributed by atoms with van der Waals surface area (Å²) in [5.74, 6) is 1.23. The molecular formula is C27H31N5O4. The first-order chi connectivity index (χ1) is 17.1. The molecule has 1 aromatic heterocycles. The number of carbonyl (C=O) groups is 1. The molecule has 0 radical (unpaired) electrons. The van der Waals surface area contributed by atoms with Gasteiger partial charge >= 0.3 is 0 Å². The smallest absolute Gasteiger partial charge is 0.259 e. The van der Waals surface area contributed by atoms with Crippen LogP contribution in [-0.2, 0) is 4.84 Å². The van der Waals surface area contributed by atoms with E-state index in [0.29, 0.717) is 23.4 Å². The van der Waals surface area contributed by atoms with Gasteiger partial charge in [-0.1, -0.05) is 5.16 Å². The van der Waals surface area contributed by atoms with Crippen LogP contribution in [0.25, 0.3) is 0 Å². The van der Waals surface area contributed by atoms with E-state index in [4.69, 9.17) is 25.8 Å². The van der Waals surface area contributed by atoms with Gasteiger partial charge in [0.05, 0.1) is 11.3 Å². The highest BCUT2D eigenvalue weighted by atomic mass is 16.6. The molecular weight excluding hydrogens is 458 g/mol. The Balaban J connectivity index is 1.49. The van der Waals surface area contributed by atoms with E-state index in [1.54, 1.807) is 36.4 Å². The summed E-state index contributed by atoms with van der Waals surface area (Å²) in [7, 11) is 1.53. The molecule has 0 fully saturated rings. The number of carbonyl (C=O) groups excluding carboxylic acids is 1. The third-order valence-electron chi connectivity index (χ3n) is 6.43. The van der Waals surface area contributed by atoms with E-state index in [9.17, 15) is 4.79 Å². The van der Waals surface area contributed by atoms with Gasteiger partial charge in [0.25, 0.3) is 5.91 Å². The molecule has 1 unspecified atom stereocenters. The highest BCUT2D eigenvalue weighted by molar-refractivity contribution is 6.07. The number of anilines is 3. The second kappa shape index (κ2) is 9.77. The van der Waals surface area contributed by atoms with Crippen LogP contribution >= 0.6 is 0 Å². The fourth-order valence-electron chi connectivity index (χ4n) is 4.29. The lowest BCUT2D eigenvalue weighted by molar-refractivity contribution is 0.0353. The van der Waals surface area contributed by atoms with E-state index in [0.717, 1.165) is 39.4 Å². The predicted octanol–water partition coefficient (Wildman–Crippen LogP) is 4.39. The van der Waals surface area contributed by atoms with Crippen LogP contribution in [0.5, 0.6) is 11.5 Å². The summed E-state index contributed by atoms with van der Waals surface area (Å²) in [5, 5.41) is 7.10. The van der Waals surface area contributed by atoms with Crippen LogP contribution in [0.15, 0.2) is 47.8 Å². The number of fused-ring (bicyclic) bond motifs is 1. The van der Waals surface area contributed by atoms with E-state index >= 15 is 0 Å². The number of rotatable bonds is 6. The van der Waals surface area contributed by atoms with Gasteiger partial charge in [-0.05, 0) is 80.8 Å². The molecule has 5 N–H and O–H groups in total. The van der Waals surface area contributed by atoms with Crippen molar-refractivity contribution in [1.82, 2.24) is 4.98 Å². The van der Waals surface area contributed by atoms with E-state index in [1.807, 2.05) is 27.7 Å². The summed E-state index contributed by atoms with van der Waals surface area (Å²) < 4.78 is 12.6. The Morgan fingerprint density at radius 1 is 1.14 bits per heavy atom. The number of aromatic nitrogens is 1. The summed E-state index contributed by atoms with van der Waals surface area (Å²) in [6.45, 7) is 8.20. The lowest BCUT2D eigenvalue weighted by atomic mass is 9.85. The summed E-state index contributed by atoms with van der Waals surface area (Å²) in [6.07, 6.45) is 2.02. The first-order valence-electron chi connectivity index (χ1n) is 11.6. The van der Waals surface area contributed by atoms with Crippen LogP contribution in [0.1, 0.15) is 46.0 Å². The Labute approximate surface area is 210 Å². The number of amides is 1. The van der Waals surface area contributed by atoms with Gasteiger partial charge in [0.1, 0.15) is 36.6 Å². The third-order valence-corrected chi connectivity index (χ3v) is 6.43. The lowest BCUT2D eigenvalue weighted by Crippen LogP contribution is -2.45. The number of pyridine rings is 1. The Morgan fingerprint density at radius 3 is 2.53 bits per heavy atom. The van der Waals surface area contributed by atoms with Crippen LogP contribution in [0.2, 0.25) is 0 Å². The van der Waals surface area contributed by atoms with Crippen molar-refractivity contribution in [3.63, 3.8) is 0 Å². The van der Waals surface area contributed by atoms with E-state index in [-0.39, 0.29) is 18.3 Å². The van der Waals surface area contributed by atoms with Crippen molar-refractivity contribution in [2.24, 2.45) is 5.16 Å². The van der Waals surface area contributed by atoms with Gasteiger partial charge in [-0.25, -0.2) is 4.98 Å². The average Bonchev–Trinajstić information content (AvgIpc) is 2.86. The van der Waals surface area contributed by atoms with Crippen molar-refractivity contribution in [1.29, 1.82) is 0 Å². The quantitative estimate of drug-likeness (QED) is 0.345. The van der Waals surface area contributed by atoms with Crippen LogP contribution in [0, 0.1) is 20.8 Å². The molecule has 9 nitrogen and oxygen atoms in total. The number of benzene rings is 2. The highest BCUT2D eigenvalue weighted by Crippen LogP contribution is 2.42. The molecule has 1 amide bonds. The molecule has 188 valence electrons. The Kier molecular flexibility index (Phi) is 6.74. The van der Waals surface area contributed by atoms with Crippen LogP contribution < -0.4 is 26.3 Å². The number of nitrogen functional groups attached to an aromatic ring is 2. The van der Waals surface area contributed by atoms with Crippen LogP contribution in [-0.4, -0.2) is 35.9 Å². The highest BCUT2D eigenvalue weighted by Gasteiger charge is 2.39. The van der Waals surface area contributed by atoms with Gasteiger partial charge in [-0.2, -0.15) is 0 Å². The fraction of sp³-hybridized carbons (Fsp3) is 0.296. The molecule has 2 heterocycles. The average molecular weight is 490 g/mol. The minimum Gasteiger partial charge on any atom is -0.489 e. The molecule has 0 spiro atoms. The maximum atomic E-state index is 12.5. The van der Waals surface area contributed by atoms with Crippen molar-refractivity contribution in [3.8, 4) is 11.5 Å². The second-order valence-electron chi connectivity index (χ2n) is 9.15. The SMILES string of the molecule is CO/N=C1\CC(C)(COc2ccc(NC(=O)c3cccnc3N)cc2)Oc2c(C)c(C)c(N)c(C)c21. The topological polar surface area (TPSA) is 134 Å². The molecule has 0 bridgehead atoms. The molecule has 0 aliphatic carbocycles. The number of hydrogen-bond acceptors (Lipinski definition) is 8. The monoisotopic (exact) mass is 489 g/mol. The van der Waals surface area contributed by atoms with Gasteiger partial charge in [-0.3, -0.25) is 4.79 Å². The van der Waals surface area contributed by atoms with Gasteiger partial charge in [0.2, 0.25) is 0 Å². The number of nitrogens with two attached hydrogens (primary N) is 2. The van der Waals surface area contributed by atoms with Crippen molar-refractivity contribution >= 4 is 28.8 Å². The fourth-order valence-corrected chi connectivity index (χ4v) is 4.29. The number of nitrogens with one attached hydrogen (secondary N) is 1. The van der Waals surface area contributed by atoms with Crippen molar-refractivity contribution in [3.05, 3.63) is 70.4 Å². The zero-order valence-electron chi connectivity index (χ0n) is 21.1. The maximum absolute atomic E-state index is 12.5. The van der Waals surface area contributed by atoms with Gasteiger partial charge in [0, 0.05) is 29.6 Å². The third kappa shape index (κ3) is 4.77. The molecule has 4 rings (SSSR count). The molecule has 36 heavy (non-hydrogen) atoms. The minimum atomic E-state index is -0.686. The number of nitrogens with zero attached hydrogens (tertiary/aromatic N) is 2. The van der Waals surface area contributed by atoms with Gasteiger partial charge in [0.15, 0.2) is 0 Å². The molecule has 3 aromatic rings. The number of oxime groups is 1. The minimum absolute atomic E-state index is 0.178. The largest absolute Gasteiger partial charge is 0.489 e. The molecule has 1 aliphatic heterocycles.